The number of esters is 2. The molecule has 0 aromatic heterocycles. The fraction of sp³-hybridized carbons (Fsp3) is 0.909. The minimum atomic E-state index is -0.875. The number of rotatable bonds is 26. The second-order valence-electron chi connectivity index (χ2n) is 12.5. The minimum absolute atomic E-state index is 0.0244. The van der Waals surface area contributed by atoms with Gasteiger partial charge in [0.2, 0.25) is 5.91 Å². The van der Waals surface area contributed by atoms with Gasteiger partial charge in [-0.2, -0.15) is 0 Å². The third kappa shape index (κ3) is 39.1. The van der Waals surface area contributed by atoms with E-state index in [2.05, 4.69) is 19.2 Å². The zero-order chi connectivity index (χ0) is 40.2. The van der Waals surface area contributed by atoms with Crippen molar-refractivity contribution in [3.05, 3.63) is 0 Å². The van der Waals surface area contributed by atoms with Gasteiger partial charge in [-0.25, -0.2) is 0 Å². The van der Waals surface area contributed by atoms with Crippen LogP contribution in [0.15, 0.2) is 0 Å². The molecule has 1 aliphatic carbocycles. The van der Waals surface area contributed by atoms with Crippen molar-refractivity contribution < 1.29 is 28.7 Å². The summed E-state index contributed by atoms with van der Waals surface area (Å²) < 4.78 is 10.9. The Kier molecular flexibility index (Phi) is 55.0. The van der Waals surface area contributed by atoms with E-state index < -0.39 is 5.54 Å². The van der Waals surface area contributed by atoms with Gasteiger partial charge in [0.05, 0.1) is 0 Å². The Balaban J connectivity index is -0.000000323. The van der Waals surface area contributed by atoms with Crippen molar-refractivity contribution in [2.24, 2.45) is 5.92 Å². The van der Waals surface area contributed by atoms with E-state index in [0.29, 0.717) is 37.4 Å². The molecular weight excluding hydrogens is 638 g/mol. The molecule has 0 saturated heterocycles. The molecule has 1 aliphatic rings. The van der Waals surface area contributed by atoms with Crippen molar-refractivity contribution in [1.29, 1.82) is 0 Å². The summed E-state index contributed by atoms with van der Waals surface area (Å²) in [5.74, 6) is 0.356. The van der Waals surface area contributed by atoms with E-state index in [1.807, 2.05) is 76.2 Å². The molecule has 1 amide bonds. The number of hydrogen-bond donors (Lipinski definition) is 1. The highest BCUT2D eigenvalue weighted by Gasteiger charge is 2.33. The van der Waals surface area contributed by atoms with Crippen LogP contribution in [0, 0.1) is 5.92 Å². The predicted octanol–water partition coefficient (Wildman–Crippen LogP) is 13.3. The van der Waals surface area contributed by atoms with Crippen LogP contribution in [0.2, 0.25) is 0 Å². The Labute approximate surface area is 319 Å². The number of amides is 1. The molecule has 1 fully saturated rings. The number of carbonyl (C=O) groups is 4. The molecule has 0 unspecified atom stereocenters. The molecule has 7 nitrogen and oxygen atoms in total. The maximum absolute atomic E-state index is 12.7. The van der Waals surface area contributed by atoms with Crippen LogP contribution in [0.1, 0.15) is 238 Å². The summed E-state index contributed by atoms with van der Waals surface area (Å²) in [6.07, 6.45) is 22.5. The lowest BCUT2D eigenvalue weighted by Crippen LogP contribution is -2.55. The normalized spacial score (nSPS) is 11.4. The second-order valence-corrected chi connectivity index (χ2v) is 12.5. The van der Waals surface area contributed by atoms with Crippen LogP contribution in [0.5, 0.6) is 0 Å². The second kappa shape index (κ2) is 48.1. The number of carbonyl (C=O) groups excluding carboxylic acids is 4. The molecule has 0 atom stereocenters. The Morgan fingerprint density at radius 3 is 1.24 bits per heavy atom. The zero-order valence-electron chi connectivity index (χ0n) is 36.7. The molecule has 0 bridgehead atoms. The molecule has 1 rings (SSSR count). The zero-order valence-corrected chi connectivity index (χ0v) is 36.7. The Morgan fingerprint density at radius 2 is 0.882 bits per heavy atom. The number of hydrogen-bond acceptors (Lipinski definition) is 6. The summed E-state index contributed by atoms with van der Waals surface area (Å²) in [7, 11) is 0. The van der Waals surface area contributed by atoms with Gasteiger partial charge in [0, 0.05) is 31.6 Å². The first kappa shape index (κ1) is 58.4. The molecule has 1 saturated carbocycles. The summed E-state index contributed by atoms with van der Waals surface area (Å²) in [5, 5.41) is 3.03. The van der Waals surface area contributed by atoms with Gasteiger partial charge in [0.1, 0.15) is 24.5 Å². The maximum atomic E-state index is 12.7. The minimum Gasteiger partial charge on any atom is -0.463 e. The average Bonchev–Trinajstić information content (AvgIpc) is 3.15. The number of nitrogens with one attached hydrogen (secondary N) is 1. The molecule has 0 aromatic rings. The molecule has 308 valence electrons. The average molecular weight is 730 g/mol. The Morgan fingerprint density at radius 1 is 0.510 bits per heavy atom. The number of ether oxygens (including phenoxy) is 2. The Hall–Kier alpha value is -1.92. The molecule has 51 heavy (non-hydrogen) atoms. The van der Waals surface area contributed by atoms with E-state index in [9.17, 15) is 19.2 Å². The molecule has 0 radical (unpaired) electrons. The van der Waals surface area contributed by atoms with E-state index in [1.165, 1.54) is 57.8 Å². The fourth-order valence-corrected chi connectivity index (χ4v) is 4.87. The SMILES string of the molecule is CC.CC.CC.CC.CCCCC(=O)C1CCC1.CCCCCCCCCCCC(=O)NC(CC)(COC(=O)CCCC)COC(=O)CCCC. The molecule has 7 heteroatoms. The molecule has 0 heterocycles. The number of Topliss-reactive ketones (excluding diaryl/α,β-unsaturated/α-hetero) is 1. The van der Waals surface area contributed by atoms with Gasteiger partial charge < -0.3 is 14.8 Å². The number of ketones is 1. The summed E-state index contributed by atoms with van der Waals surface area (Å²) in [4.78, 5) is 47.9. The smallest absolute Gasteiger partial charge is 0.305 e. The van der Waals surface area contributed by atoms with Crippen molar-refractivity contribution in [1.82, 2.24) is 5.32 Å². The third-order valence-electron chi connectivity index (χ3n) is 8.41. The first-order chi connectivity index (χ1) is 24.8. The lowest BCUT2D eigenvalue weighted by molar-refractivity contribution is -0.153. The molecule has 0 aliphatic heterocycles. The van der Waals surface area contributed by atoms with Crippen molar-refractivity contribution in [3.63, 3.8) is 0 Å². The van der Waals surface area contributed by atoms with Crippen LogP contribution < -0.4 is 5.32 Å². The molecule has 0 aromatic carbocycles. The van der Waals surface area contributed by atoms with Gasteiger partial charge in [-0.3, -0.25) is 19.2 Å². The summed E-state index contributed by atoms with van der Waals surface area (Å²) >= 11 is 0. The van der Waals surface area contributed by atoms with Gasteiger partial charge in [0.25, 0.3) is 0 Å². The van der Waals surface area contributed by atoms with Crippen molar-refractivity contribution in [2.75, 3.05) is 13.2 Å². The van der Waals surface area contributed by atoms with Crippen molar-refractivity contribution in [2.45, 2.75) is 243 Å². The van der Waals surface area contributed by atoms with E-state index in [-0.39, 0.29) is 31.1 Å². The lowest BCUT2D eigenvalue weighted by Gasteiger charge is -2.33. The predicted molar refractivity (Wildman–Crippen MR) is 221 cm³/mol. The third-order valence-corrected chi connectivity index (χ3v) is 8.41. The van der Waals surface area contributed by atoms with Gasteiger partial charge in [-0.05, 0) is 44.9 Å². The van der Waals surface area contributed by atoms with E-state index >= 15 is 0 Å². The van der Waals surface area contributed by atoms with Gasteiger partial charge >= 0.3 is 11.9 Å². The van der Waals surface area contributed by atoms with E-state index in [0.717, 1.165) is 64.2 Å². The summed E-state index contributed by atoms with van der Waals surface area (Å²) in [6, 6.07) is 0. The first-order valence-corrected chi connectivity index (χ1v) is 21.9. The largest absolute Gasteiger partial charge is 0.463 e. The van der Waals surface area contributed by atoms with E-state index in [4.69, 9.17) is 9.47 Å². The van der Waals surface area contributed by atoms with Crippen LogP contribution in [-0.4, -0.2) is 42.4 Å². The highest BCUT2D eigenvalue weighted by atomic mass is 16.5. The van der Waals surface area contributed by atoms with Crippen molar-refractivity contribution in [3.8, 4) is 0 Å². The highest BCUT2D eigenvalue weighted by Crippen LogP contribution is 2.28. The monoisotopic (exact) mass is 730 g/mol. The van der Waals surface area contributed by atoms with Crippen LogP contribution in [0.4, 0.5) is 0 Å². The molecular formula is C44H91NO6. The number of unbranched alkanes of at least 4 members (excludes halogenated alkanes) is 11. The van der Waals surface area contributed by atoms with Crippen LogP contribution in [0.3, 0.4) is 0 Å². The topological polar surface area (TPSA) is 98.8 Å². The van der Waals surface area contributed by atoms with Crippen LogP contribution in [-0.2, 0) is 28.7 Å². The lowest BCUT2D eigenvalue weighted by atomic mass is 9.81. The standard InChI is InChI=1S/C27H51NO5.C9H16O.4C2H6/c1-5-9-12-13-14-15-16-17-18-19-24(29)28-27(8-4,22-32-25(30)20-10-6-2)23-33-26(31)21-11-7-3;1-2-3-7-9(10)8-5-4-6-8;4*1-2/h5-23H2,1-4H3,(H,28,29);8H,2-7H2,1H3;4*1-2H3. The van der Waals surface area contributed by atoms with Gasteiger partial charge in [-0.15, -0.1) is 0 Å². The van der Waals surface area contributed by atoms with E-state index in [1.54, 1.807) is 0 Å². The molecule has 0 spiro atoms. The Bertz CT molecular complexity index is 711. The van der Waals surface area contributed by atoms with Crippen molar-refractivity contribution >= 4 is 23.6 Å². The van der Waals surface area contributed by atoms with Gasteiger partial charge in [0.15, 0.2) is 0 Å². The molecule has 1 N–H and O–H groups in total. The maximum Gasteiger partial charge on any atom is 0.305 e. The van der Waals surface area contributed by atoms with Crippen LogP contribution in [0.25, 0.3) is 0 Å². The summed E-state index contributed by atoms with van der Waals surface area (Å²) in [5.41, 5.74) is -0.875. The summed E-state index contributed by atoms with van der Waals surface area (Å²) in [6.45, 7) is 26.4. The van der Waals surface area contributed by atoms with Gasteiger partial charge in [-0.1, -0.05) is 167 Å². The van der Waals surface area contributed by atoms with Crippen LogP contribution >= 0.6 is 0 Å². The fourth-order valence-electron chi connectivity index (χ4n) is 4.87. The quantitative estimate of drug-likeness (QED) is 0.0703. The first-order valence-electron chi connectivity index (χ1n) is 21.9. The highest BCUT2D eigenvalue weighted by molar-refractivity contribution is 5.81.